The van der Waals surface area contributed by atoms with Gasteiger partial charge in [0.25, 0.3) is 0 Å². The summed E-state index contributed by atoms with van der Waals surface area (Å²) in [7, 11) is 0. The van der Waals surface area contributed by atoms with E-state index in [4.69, 9.17) is 0 Å². The highest BCUT2D eigenvalue weighted by molar-refractivity contribution is 5.96. The molecule has 2 heteroatoms. The van der Waals surface area contributed by atoms with Crippen LogP contribution in [0.3, 0.4) is 0 Å². The molecule has 63 valence electrons. The zero-order valence-electron chi connectivity index (χ0n) is 7.29. The van der Waals surface area contributed by atoms with E-state index < -0.39 is 0 Å². The quantitative estimate of drug-likeness (QED) is 0.709. The summed E-state index contributed by atoms with van der Waals surface area (Å²) in [5.74, 6) is -0.0689. The van der Waals surface area contributed by atoms with Gasteiger partial charge >= 0.3 is 0 Å². The normalized spacial score (nSPS) is 9.50. The van der Waals surface area contributed by atoms with Crippen LogP contribution in [0.5, 0.6) is 0 Å². The van der Waals surface area contributed by atoms with E-state index in [0.29, 0.717) is 0 Å². The highest BCUT2D eigenvalue weighted by Gasteiger charge is 1.97. The van der Waals surface area contributed by atoms with Crippen molar-refractivity contribution in [2.24, 2.45) is 0 Å². The first-order valence-electron chi connectivity index (χ1n) is 3.89. The van der Waals surface area contributed by atoms with Crippen molar-refractivity contribution in [3.63, 3.8) is 0 Å². The Morgan fingerprint density at radius 1 is 1.50 bits per heavy atom. The lowest BCUT2D eigenvalue weighted by Crippen LogP contribution is -2.09. The topological polar surface area (TPSA) is 29.1 Å². The van der Waals surface area contributed by atoms with Crippen LogP contribution in [0, 0.1) is 13.3 Å². The zero-order chi connectivity index (χ0) is 8.97. The van der Waals surface area contributed by atoms with Crippen molar-refractivity contribution in [1.82, 2.24) is 0 Å². The standard InChI is InChI=1S/C10H12NO/c1-3-10(12)11-9-6-4-5-8(2)7-9/h3-7H,1-2H3,(H,11,12). The van der Waals surface area contributed by atoms with E-state index in [1.807, 2.05) is 31.2 Å². The number of carbonyl (C=O) groups excluding carboxylic acids is 1. The summed E-state index contributed by atoms with van der Waals surface area (Å²) in [6.45, 7) is 3.70. The van der Waals surface area contributed by atoms with E-state index in [1.165, 1.54) is 6.42 Å². The van der Waals surface area contributed by atoms with Crippen molar-refractivity contribution < 1.29 is 4.79 Å². The lowest BCUT2D eigenvalue weighted by atomic mass is 10.2. The minimum absolute atomic E-state index is 0.0689. The van der Waals surface area contributed by atoms with Crippen molar-refractivity contribution in [1.29, 1.82) is 0 Å². The molecule has 0 aliphatic carbocycles. The Balaban J connectivity index is 2.69. The average Bonchev–Trinajstić information content (AvgIpc) is 2.04. The number of hydrogen-bond acceptors (Lipinski definition) is 1. The maximum Gasteiger partial charge on any atom is 0.227 e. The molecule has 12 heavy (non-hydrogen) atoms. The van der Waals surface area contributed by atoms with E-state index in [0.717, 1.165) is 11.3 Å². The molecule has 1 radical (unpaired) electrons. The molecule has 1 aromatic rings. The summed E-state index contributed by atoms with van der Waals surface area (Å²) in [5.41, 5.74) is 1.99. The van der Waals surface area contributed by atoms with Gasteiger partial charge in [0.1, 0.15) is 0 Å². The van der Waals surface area contributed by atoms with Gasteiger partial charge in [-0.1, -0.05) is 19.1 Å². The van der Waals surface area contributed by atoms with E-state index >= 15 is 0 Å². The number of benzene rings is 1. The maximum atomic E-state index is 10.9. The van der Waals surface area contributed by atoms with Crippen molar-refractivity contribution >= 4 is 11.6 Å². The van der Waals surface area contributed by atoms with Crippen LogP contribution in [-0.4, -0.2) is 5.91 Å². The lowest BCUT2D eigenvalue weighted by Gasteiger charge is -2.02. The summed E-state index contributed by atoms with van der Waals surface area (Å²) >= 11 is 0. The van der Waals surface area contributed by atoms with Crippen molar-refractivity contribution in [2.45, 2.75) is 13.8 Å². The van der Waals surface area contributed by atoms with Gasteiger partial charge < -0.3 is 5.32 Å². The van der Waals surface area contributed by atoms with Gasteiger partial charge in [-0.2, -0.15) is 0 Å². The Bertz CT molecular complexity index is 281. The van der Waals surface area contributed by atoms with Crippen molar-refractivity contribution in [2.75, 3.05) is 5.32 Å². The molecule has 0 unspecified atom stereocenters. The van der Waals surface area contributed by atoms with E-state index in [9.17, 15) is 4.79 Å². The third kappa shape index (κ3) is 2.38. The molecule has 0 bridgehead atoms. The summed E-state index contributed by atoms with van der Waals surface area (Å²) < 4.78 is 0. The number of hydrogen-bond donors (Lipinski definition) is 1. The van der Waals surface area contributed by atoms with E-state index in [2.05, 4.69) is 5.32 Å². The second-order valence-electron chi connectivity index (χ2n) is 2.65. The first-order valence-corrected chi connectivity index (χ1v) is 3.89. The summed E-state index contributed by atoms with van der Waals surface area (Å²) in [4.78, 5) is 10.9. The molecule has 0 aromatic heterocycles. The molecule has 2 nitrogen and oxygen atoms in total. The second kappa shape index (κ2) is 3.90. The van der Waals surface area contributed by atoms with Crippen LogP contribution in [0.4, 0.5) is 5.69 Å². The molecule has 0 aliphatic heterocycles. The average molecular weight is 162 g/mol. The SMILES string of the molecule is C[CH]C(=O)Nc1cccc(C)c1. The van der Waals surface area contributed by atoms with Gasteiger partial charge in [-0.05, 0) is 24.6 Å². The number of nitrogens with one attached hydrogen (secondary N) is 1. The highest BCUT2D eigenvalue weighted by Crippen LogP contribution is 2.09. The summed E-state index contributed by atoms with van der Waals surface area (Å²) in [5, 5.41) is 2.74. The minimum atomic E-state index is -0.0689. The molecule has 0 heterocycles. The Labute approximate surface area is 72.6 Å². The highest BCUT2D eigenvalue weighted by atomic mass is 16.1. The summed E-state index contributed by atoms with van der Waals surface area (Å²) in [6.07, 6.45) is 1.50. The smallest absolute Gasteiger partial charge is 0.227 e. The molecule has 0 atom stereocenters. The largest absolute Gasteiger partial charge is 0.326 e. The van der Waals surface area contributed by atoms with Crippen molar-refractivity contribution in [3.8, 4) is 0 Å². The monoisotopic (exact) mass is 162 g/mol. The predicted octanol–water partition coefficient (Wildman–Crippen LogP) is 2.16. The third-order valence-electron chi connectivity index (χ3n) is 1.55. The molecule has 0 fully saturated rings. The van der Waals surface area contributed by atoms with E-state index in [-0.39, 0.29) is 5.91 Å². The maximum absolute atomic E-state index is 10.9. The molecule has 0 aliphatic rings. The number of aryl methyl sites for hydroxylation is 1. The third-order valence-corrected chi connectivity index (χ3v) is 1.55. The van der Waals surface area contributed by atoms with Gasteiger partial charge in [0.15, 0.2) is 0 Å². The van der Waals surface area contributed by atoms with Crippen LogP contribution in [-0.2, 0) is 4.79 Å². The van der Waals surface area contributed by atoms with Gasteiger partial charge in [-0.25, -0.2) is 0 Å². The molecule has 0 saturated heterocycles. The fourth-order valence-electron chi connectivity index (χ4n) is 0.937. The fraction of sp³-hybridized carbons (Fsp3) is 0.200. The first kappa shape index (κ1) is 8.78. The molecule has 0 saturated carbocycles. The predicted molar refractivity (Wildman–Crippen MR) is 49.8 cm³/mol. The Hall–Kier alpha value is -1.31. The Morgan fingerprint density at radius 3 is 2.83 bits per heavy atom. The van der Waals surface area contributed by atoms with Crippen LogP contribution in [0.2, 0.25) is 0 Å². The number of anilines is 1. The van der Waals surface area contributed by atoms with Crippen LogP contribution in [0.1, 0.15) is 12.5 Å². The van der Waals surface area contributed by atoms with Gasteiger partial charge in [0.05, 0.1) is 0 Å². The van der Waals surface area contributed by atoms with Crippen LogP contribution in [0.25, 0.3) is 0 Å². The number of rotatable bonds is 2. The van der Waals surface area contributed by atoms with Crippen LogP contribution in [0.15, 0.2) is 24.3 Å². The molecule has 1 amide bonds. The second-order valence-corrected chi connectivity index (χ2v) is 2.65. The zero-order valence-corrected chi connectivity index (χ0v) is 7.29. The number of carbonyl (C=O) groups is 1. The molecule has 1 N–H and O–H groups in total. The molecular weight excluding hydrogens is 150 g/mol. The van der Waals surface area contributed by atoms with Crippen LogP contribution < -0.4 is 5.32 Å². The lowest BCUT2D eigenvalue weighted by molar-refractivity contribution is -0.113. The fourth-order valence-corrected chi connectivity index (χ4v) is 0.937. The van der Waals surface area contributed by atoms with Crippen molar-refractivity contribution in [3.05, 3.63) is 36.2 Å². The van der Waals surface area contributed by atoms with Crippen LogP contribution >= 0.6 is 0 Å². The number of amides is 1. The summed E-state index contributed by atoms with van der Waals surface area (Å²) in [6, 6.07) is 7.71. The van der Waals surface area contributed by atoms with Gasteiger partial charge in [-0.15, -0.1) is 0 Å². The van der Waals surface area contributed by atoms with E-state index in [1.54, 1.807) is 6.92 Å². The Kier molecular flexibility index (Phi) is 2.86. The molecule has 1 aromatic carbocycles. The molecule has 1 rings (SSSR count). The van der Waals surface area contributed by atoms with Gasteiger partial charge in [0, 0.05) is 12.1 Å². The van der Waals surface area contributed by atoms with Gasteiger partial charge in [0.2, 0.25) is 5.91 Å². The molecular formula is C10H12NO. The first-order chi connectivity index (χ1) is 5.72. The molecule has 0 spiro atoms. The van der Waals surface area contributed by atoms with Gasteiger partial charge in [-0.3, -0.25) is 4.79 Å². The Morgan fingerprint density at radius 2 is 2.25 bits per heavy atom. The minimum Gasteiger partial charge on any atom is -0.326 e.